The first-order chi connectivity index (χ1) is 14.8. The van der Waals surface area contributed by atoms with Crippen LogP contribution >= 0.6 is 0 Å². The molecule has 31 heavy (non-hydrogen) atoms. The number of aryl methyl sites for hydroxylation is 3. The number of hydrogen-bond donors (Lipinski definition) is 0. The molecule has 0 aliphatic carbocycles. The van der Waals surface area contributed by atoms with Crippen LogP contribution in [0, 0.1) is 26.6 Å². The molecule has 2 aromatic heterocycles. The van der Waals surface area contributed by atoms with E-state index in [2.05, 4.69) is 4.98 Å². The van der Waals surface area contributed by atoms with Crippen molar-refractivity contribution < 1.29 is 13.9 Å². The summed E-state index contributed by atoms with van der Waals surface area (Å²) in [5, 5.41) is 4.75. The molecule has 6 nitrogen and oxygen atoms in total. The van der Waals surface area contributed by atoms with Crippen molar-refractivity contribution in [1.82, 2.24) is 14.6 Å². The van der Waals surface area contributed by atoms with Gasteiger partial charge in [-0.1, -0.05) is 18.2 Å². The number of carbonyl (C=O) groups is 1. The molecule has 7 heteroatoms. The van der Waals surface area contributed by atoms with Crippen molar-refractivity contribution in [2.75, 3.05) is 19.1 Å². The minimum atomic E-state index is -0.539. The predicted octanol–water partition coefficient (Wildman–Crippen LogP) is 5.02. The molecule has 0 aliphatic rings. The maximum Gasteiger partial charge on any atom is 0.356 e. The highest BCUT2D eigenvalue weighted by molar-refractivity contribution is 5.92. The summed E-state index contributed by atoms with van der Waals surface area (Å²) in [6, 6.07) is 13.8. The van der Waals surface area contributed by atoms with E-state index in [-0.39, 0.29) is 11.5 Å². The van der Waals surface area contributed by atoms with Crippen LogP contribution in [0.4, 0.5) is 15.9 Å². The third-order valence-corrected chi connectivity index (χ3v) is 5.43. The summed E-state index contributed by atoms with van der Waals surface area (Å²) in [6.07, 6.45) is 0. The zero-order chi connectivity index (χ0) is 22.3. The Morgan fingerprint density at radius 3 is 2.29 bits per heavy atom. The SMILES string of the molecule is COC(=O)c1cc(N(C)c2ccc(F)cc2)n2nc(C)c(-c3c(C)cccc3C)c2n1. The monoisotopic (exact) mass is 418 g/mol. The van der Waals surface area contributed by atoms with Gasteiger partial charge in [-0.2, -0.15) is 9.61 Å². The Morgan fingerprint density at radius 2 is 1.68 bits per heavy atom. The molecule has 2 aromatic carbocycles. The summed E-state index contributed by atoms with van der Waals surface area (Å²) in [4.78, 5) is 18.9. The quantitative estimate of drug-likeness (QED) is 0.436. The molecular formula is C24H23FN4O2. The van der Waals surface area contributed by atoms with Crippen molar-refractivity contribution in [3.8, 4) is 11.1 Å². The van der Waals surface area contributed by atoms with E-state index in [0.29, 0.717) is 11.5 Å². The second-order valence-electron chi connectivity index (χ2n) is 7.49. The van der Waals surface area contributed by atoms with Crippen molar-refractivity contribution in [1.29, 1.82) is 0 Å². The average Bonchev–Trinajstić information content (AvgIpc) is 3.08. The molecule has 0 atom stereocenters. The van der Waals surface area contributed by atoms with Gasteiger partial charge < -0.3 is 9.64 Å². The lowest BCUT2D eigenvalue weighted by molar-refractivity contribution is 0.0594. The Morgan fingerprint density at radius 1 is 1.03 bits per heavy atom. The number of ether oxygens (including phenoxy) is 1. The van der Waals surface area contributed by atoms with Gasteiger partial charge in [0.05, 0.1) is 18.4 Å². The van der Waals surface area contributed by atoms with Crippen molar-refractivity contribution in [3.63, 3.8) is 0 Å². The highest BCUT2D eigenvalue weighted by Gasteiger charge is 2.23. The molecule has 0 fully saturated rings. The van der Waals surface area contributed by atoms with E-state index < -0.39 is 5.97 Å². The summed E-state index contributed by atoms with van der Waals surface area (Å²) >= 11 is 0. The second-order valence-corrected chi connectivity index (χ2v) is 7.49. The lowest BCUT2D eigenvalue weighted by Gasteiger charge is -2.21. The van der Waals surface area contributed by atoms with Crippen LogP contribution in [0.25, 0.3) is 16.8 Å². The fraction of sp³-hybridized carbons (Fsp3) is 0.208. The van der Waals surface area contributed by atoms with Crippen LogP contribution in [0.15, 0.2) is 48.5 Å². The lowest BCUT2D eigenvalue weighted by atomic mass is 9.96. The summed E-state index contributed by atoms with van der Waals surface area (Å²) in [7, 11) is 3.16. The molecule has 0 saturated carbocycles. The van der Waals surface area contributed by atoms with Crippen LogP contribution in [0.5, 0.6) is 0 Å². The number of carbonyl (C=O) groups excluding carboxylic acids is 1. The van der Waals surface area contributed by atoms with Crippen LogP contribution < -0.4 is 4.90 Å². The predicted molar refractivity (Wildman–Crippen MR) is 118 cm³/mol. The van der Waals surface area contributed by atoms with Gasteiger partial charge in [0.1, 0.15) is 11.6 Å². The second kappa shape index (κ2) is 7.83. The van der Waals surface area contributed by atoms with Gasteiger partial charge in [-0.15, -0.1) is 0 Å². The van der Waals surface area contributed by atoms with Crippen LogP contribution in [-0.4, -0.2) is 34.7 Å². The van der Waals surface area contributed by atoms with Crippen molar-refractivity contribution in [2.45, 2.75) is 20.8 Å². The third-order valence-electron chi connectivity index (χ3n) is 5.43. The van der Waals surface area contributed by atoms with Crippen molar-refractivity contribution in [2.24, 2.45) is 0 Å². The number of fused-ring (bicyclic) bond motifs is 1. The van der Waals surface area contributed by atoms with E-state index in [9.17, 15) is 9.18 Å². The van der Waals surface area contributed by atoms with Gasteiger partial charge in [-0.05, 0) is 61.7 Å². The number of anilines is 2. The van der Waals surface area contributed by atoms with Crippen molar-refractivity contribution >= 4 is 23.1 Å². The fourth-order valence-corrected chi connectivity index (χ4v) is 3.85. The summed E-state index contributed by atoms with van der Waals surface area (Å²) in [5.74, 6) is -0.250. The van der Waals surface area contributed by atoms with Gasteiger partial charge in [-0.3, -0.25) is 0 Å². The average molecular weight is 418 g/mol. The molecular weight excluding hydrogens is 395 g/mol. The van der Waals surface area contributed by atoms with Crippen LogP contribution in [-0.2, 0) is 4.74 Å². The first-order valence-electron chi connectivity index (χ1n) is 9.86. The highest BCUT2D eigenvalue weighted by Crippen LogP contribution is 2.35. The molecule has 0 unspecified atom stereocenters. The maximum absolute atomic E-state index is 13.4. The molecule has 0 radical (unpaired) electrons. The Bertz CT molecular complexity index is 1280. The standard InChI is InChI=1S/C24H23FN4O2/c1-14-7-6-8-15(2)21(14)22-16(3)27-29-20(13-19(24(30)31-5)26-23(22)29)28(4)18-11-9-17(25)10-12-18/h6-13H,1-5H3. The van der Waals surface area contributed by atoms with Crippen LogP contribution in [0.1, 0.15) is 27.3 Å². The van der Waals surface area contributed by atoms with Crippen molar-refractivity contribution in [3.05, 3.63) is 76.9 Å². The number of hydrogen-bond acceptors (Lipinski definition) is 5. The molecule has 0 spiro atoms. The van der Waals surface area contributed by atoms with Crippen LogP contribution in [0.3, 0.4) is 0 Å². The van der Waals surface area contributed by atoms with E-state index in [1.54, 1.807) is 22.7 Å². The zero-order valence-corrected chi connectivity index (χ0v) is 18.1. The van der Waals surface area contributed by atoms with E-state index >= 15 is 0 Å². The van der Waals surface area contributed by atoms with E-state index in [0.717, 1.165) is 33.6 Å². The number of rotatable bonds is 4. The number of halogens is 1. The first-order valence-corrected chi connectivity index (χ1v) is 9.86. The van der Waals surface area contributed by atoms with E-state index in [1.165, 1.54) is 19.2 Å². The molecule has 0 saturated heterocycles. The molecule has 158 valence electrons. The van der Waals surface area contributed by atoms with Gasteiger partial charge in [0, 0.05) is 18.8 Å². The smallest absolute Gasteiger partial charge is 0.356 e. The Kier molecular flexibility index (Phi) is 5.19. The third kappa shape index (κ3) is 3.52. The number of methoxy groups -OCH3 is 1. The Labute approximate surface area is 179 Å². The molecule has 4 aromatic rings. The first kappa shape index (κ1) is 20.5. The minimum Gasteiger partial charge on any atom is -0.464 e. The number of aromatic nitrogens is 3. The number of esters is 1. The minimum absolute atomic E-state index is 0.173. The molecule has 0 amide bonds. The summed E-state index contributed by atoms with van der Waals surface area (Å²) in [5.41, 5.74) is 6.36. The van der Waals surface area contributed by atoms with Gasteiger partial charge in [-0.25, -0.2) is 14.2 Å². The number of benzene rings is 2. The largest absolute Gasteiger partial charge is 0.464 e. The normalized spacial score (nSPS) is 11.0. The molecule has 0 N–H and O–H groups in total. The Hall–Kier alpha value is -3.74. The van der Waals surface area contributed by atoms with Gasteiger partial charge in [0.25, 0.3) is 0 Å². The summed E-state index contributed by atoms with van der Waals surface area (Å²) in [6.45, 7) is 6.01. The van der Waals surface area contributed by atoms with Gasteiger partial charge in [0.15, 0.2) is 11.3 Å². The van der Waals surface area contributed by atoms with Gasteiger partial charge >= 0.3 is 5.97 Å². The highest BCUT2D eigenvalue weighted by atomic mass is 19.1. The Balaban J connectivity index is 2.03. The lowest BCUT2D eigenvalue weighted by Crippen LogP contribution is -2.17. The topological polar surface area (TPSA) is 59.7 Å². The molecule has 2 heterocycles. The summed E-state index contributed by atoms with van der Waals surface area (Å²) < 4.78 is 20.1. The molecule has 0 aliphatic heterocycles. The molecule has 4 rings (SSSR count). The van der Waals surface area contributed by atoms with E-state index in [4.69, 9.17) is 9.84 Å². The maximum atomic E-state index is 13.4. The van der Waals surface area contributed by atoms with Crippen LogP contribution in [0.2, 0.25) is 0 Å². The van der Waals surface area contributed by atoms with E-state index in [1.807, 2.05) is 50.9 Å². The zero-order valence-electron chi connectivity index (χ0n) is 18.1. The molecule has 0 bridgehead atoms. The number of nitrogens with zero attached hydrogens (tertiary/aromatic N) is 4. The fourth-order valence-electron chi connectivity index (χ4n) is 3.85. The van der Waals surface area contributed by atoms with Gasteiger partial charge in [0.2, 0.25) is 0 Å².